The van der Waals surface area contributed by atoms with Crippen LogP contribution in [-0.4, -0.2) is 40.8 Å². The summed E-state index contributed by atoms with van der Waals surface area (Å²) in [5.41, 5.74) is 3.83. The Hall–Kier alpha value is -2.63. The van der Waals surface area contributed by atoms with Crippen LogP contribution in [-0.2, 0) is 0 Å². The lowest BCUT2D eigenvalue weighted by atomic mass is 10.1. The van der Waals surface area contributed by atoms with Crippen molar-refractivity contribution in [1.29, 1.82) is 0 Å². The summed E-state index contributed by atoms with van der Waals surface area (Å²) in [4.78, 5) is 11.1. The van der Waals surface area contributed by atoms with Gasteiger partial charge >= 0.3 is 0 Å². The van der Waals surface area contributed by atoms with Crippen molar-refractivity contribution in [2.75, 3.05) is 30.9 Å². The Morgan fingerprint density at radius 1 is 1.14 bits per heavy atom. The van der Waals surface area contributed by atoms with Crippen LogP contribution in [0.5, 0.6) is 0 Å². The second kappa shape index (κ2) is 5.40. The lowest BCUT2D eigenvalue weighted by Gasteiger charge is -2.13. The first kappa shape index (κ1) is 13.4. The van der Waals surface area contributed by atoms with Crippen LogP contribution in [0.4, 0.5) is 11.6 Å². The molecule has 0 unspecified atom stereocenters. The predicted molar refractivity (Wildman–Crippen MR) is 85.6 cm³/mol. The summed E-state index contributed by atoms with van der Waals surface area (Å²) in [5, 5.41) is 11.1. The minimum absolute atomic E-state index is 0.612. The third kappa shape index (κ3) is 2.52. The van der Waals surface area contributed by atoms with Gasteiger partial charge in [-0.1, -0.05) is 12.1 Å². The normalized spacial score (nSPS) is 10.8. The number of nitrogens with one attached hydrogen (secondary N) is 2. The van der Waals surface area contributed by atoms with E-state index in [1.807, 2.05) is 21.0 Å². The molecule has 21 heavy (non-hydrogen) atoms. The average molecular weight is 282 g/mol. The van der Waals surface area contributed by atoms with E-state index < -0.39 is 0 Å². The van der Waals surface area contributed by atoms with Crippen molar-refractivity contribution in [3.63, 3.8) is 0 Å². The number of hydrogen-bond donors (Lipinski definition) is 2. The topological polar surface area (TPSA) is 69.7 Å². The molecule has 3 rings (SSSR count). The molecule has 6 heteroatoms. The first-order valence-corrected chi connectivity index (χ1v) is 6.91. The van der Waals surface area contributed by atoms with E-state index in [9.17, 15) is 0 Å². The molecule has 6 nitrogen and oxygen atoms in total. The van der Waals surface area contributed by atoms with Gasteiger partial charge in [-0.3, -0.25) is 5.10 Å². The molecule has 0 amide bonds. The van der Waals surface area contributed by atoms with Gasteiger partial charge < -0.3 is 10.2 Å². The maximum Gasteiger partial charge on any atom is 0.225 e. The SMILES string of the molecule is CCNc1nc(-c2ccc(N(C)C)cc2)c2cn[nH]c2n1. The van der Waals surface area contributed by atoms with Crippen LogP contribution in [0, 0.1) is 0 Å². The number of aromatic amines is 1. The van der Waals surface area contributed by atoms with Gasteiger partial charge in [0.05, 0.1) is 17.3 Å². The molecule has 0 aliphatic rings. The van der Waals surface area contributed by atoms with Crippen molar-refractivity contribution in [2.24, 2.45) is 0 Å². The van der Waals surface area contributed by atoms with E-state index in [0.29, 0.717) is 5.95 Å². The molecule has 2 heterocycles. The molecule has 0 spiro atoms. The number of H-pyrrole nitrogens is 1. The summed E-state index contributed by atoms with van der Waals surface area (Å²) in [7, 11) is 4.05. The van der Waals surface area contributed by atoms with Gasteiger partial charge in [-0.2, -0.15) is 10.1 Å². The molecule has 0 saturated heterocycles. The minimum atomic E-state index is 0.612. The van der Waals surface area contributed by atoms with Crippen molar-refractivity contribution in [3.05, 3.63) is 30.5 Å². The molecule has 0 saturated carbocycles. The van der Waals surface area contributed by atoms with Gasteiger partial charge in [-0.05, 0) is 19.1 Å². The summed E-state index contributed by atoms with van der Waals surface area (Å²) in [6, 6.07) is 8.30. The molecular weight excluding hydrogens is 264 g/mol. The number of anilines is 2. The predicted octanol–water partition coefficient (Wildman–Crippen LogP) is 2.52. The fourth-order valence-electron chi connectivity index (χ4n) is 2.21. The number of benzene rings is 1. The van der Waals surface area contributed by atoms with Crippen LogP contribution in [0.25, 0.3) is 22.3 Å². The first-order chi connectivity index (χ1) is 10.2. The van der Waals surface area contributed by atoms with Crippen molar-refractivity contribution < 1.29 is 0 Å². The number of fused-ring (bicyclic) bond motifs is 1. The Balaban J connectivity index is 2.11. The molecule has 0 atom stereocenters. The van der Waals surface area contributed by atoms with Crippen LogP contribution in [0.15, 0.2) is 30.5 Å². The van der Waals surface area contributed by atoms with Gasteiger partial charge in [0.15, 0.2) is 5.65 Å². The van der Waals surface area contributed by atoms with E-state index in [2.05, 4.69) is 54.6 Å². The molecule has 2 N–H and O–H groups in total. The summed E-state index contributed by atoms with van der Waals surface area (Å²) in [6.45, 7) is 2.80. The highest BCUT2D eigenvalue weighted by atomic mass is 15.2. The molecule has 0 fully saturated rings. The van der Waals surface area contributed by atoms with E-state index in [1.54, 1.807) is 6.20 Å². The highest BCUT2D eigenvalue weighted by Crippen LogP contribution is 2.27. The maximum atomic E-state index is 4.61. The lowest BCUT2D eigenvalue weighted by molar-refractivity contribution is 1.07. The highest BCUT2D eigenvalue weighted by Gasteiger charge is 2.11. The zero-order valence-electron chi connectivity index (χ0n) is 12.4. The monoisotopic (exact) mass is 282 g/mol. The van der Waals surface area contributed by atoms with Gasteiger partial charge in [-0.15, -0.1) is 0 Å². The summed E-state index contributed by atoms with van der Waals surface area (Å²) >= 11 is 0. The maximum absolute atomic E-state index is 4.61. The molecule has 2 aromatic heterocycles. The molecule has 0 aliphatic heterocycles. The number of nitrogens with zero attached hydrogens (tertiary/aromatic N) is 4. The number of hydrogen-bond acceptors (Lipinski definition) is 5. The van der Waals surface area contributed by atoms with Crippen molar-refractivity contribution in [3.8, 4) is 11.3 Å². The van der Waals surface area contributed by atoms with E-state index in [0.717, 1.165) is 34.5 Å². The average Bonchev–Trinajstić information content (AvgIpc) is 2.95. The molecule has 3 aromatic rings. The van der Waals surface area contributed by atoms with Crippen LogP contribution in [0.3, 0.4) is 0 Å². The zero-order chi connectivity index (χ0) is 14.8. The number of rotatable bonds is 4. The molecule has 0 aliphatic carbocycles. The fraction of sp³-hybridized carbons (Fsp3) is 0.267. The summed E-state index contributed by atoms with van der Waals surface area (Å²) < 4.78 is 0. The second-order valence-electron chi connectivity index (χ2n) is 5.00. The molecule has 0 bridgehead atoms. The summed E-state index contributed by atoms with van der Waals surface area (Å²) in [5.74, 6) is 0.612. The quantitative estimate of drug-likeness (QED) is 0.769. The fourth-order valence-corrected chi connectivity index (χ4v) is 2.21. The van der Waals surface area contributed by atoms with E-state index in [1.165, 1.54) is 0 Å². The van der Waals surface area contributed by atoms with Crippen LogP contribution >= 0.6 is 0 Å². The van der Waals surface area contributed by atoms with E-state index in [4.69, 9.17) is 0 Å². The Morgan fingerprint density at radius 3 is 2.57 bits per heavy atom. The van der Waals surface area contributed by atoms with Gasteiger partial charge in [0.25, 0.3) is 0 Å². The van der Waals surface area contributed by atoms with Crippen LogP contribution in [0.2, 0.25) is 0 Å². The smallest absolute Gasteiger partial charge is 0.225 e. The minimum Gasteiger partial charge on any atom is -0.378 e. The van der Waals surface area contributed by atoms with Crippen molar-refractivity contribution >= 4 is 22.7 Å². The Kier molecular flexibility index (Phi) is 3.43. The van der Waals surface area contributed by atoms with Gasteiger partial charge in [-0.25, -0.2) is 4.98 Å². The van der Waals surface area contributed by atoms with Crippen LogP contribution in [0.1, 0.15) is 6.92 Å². The molecular formula is C15H18N6. The van der Waals surface area contributed by atoms with Gasteiger partial charge in [0, 0.05) is 31.9 Å². The third-order valence-electron chi connectivity index (χ3n) is 3.30. The molecule has 1 aromatic carbocycles. The Labute approximate surface area is 123 Å². The van der Waals surface area contributed by atoms with Gasteiger partial charge in [0.2, 0.25) is 5.95 Å². The van der Waals surface area contributed by atoms with E-state index >= 15 is 0 Å². The van der Waals surface area contributed by atoms with Gasteiger partial charge in [0.1, 0.15) is 0 Å². The van der Waals surface area contributed by atoms with Crippen molar-refractivity contribution in [2.45, 2.75) is 6.92 Å². The largest absolute Gasteiger partial charge is 0.378 e. The van der Waals surface area contributed by atoms with E-state index in [-0.39, 0.29) is 0 Å². The molecule has 0 radical (unpaired) electrons. The third-order valence-corrected chi connectivity index (χ3v) is 3.30. The van der Waals surface area contributed by atoms with Crippen molar-refractivity contribution in [1.82, 2.24) is 20.2 Å². The highest BCUT2D eigenvalue weighted by molar-refractivity contribution is 5.90. The van der Waals surface area contributed by atoms with Crippen LogP contribution < -0.4 is 10.2 Å². The lowest BCUT2D eigenvalue weighted by Crippen LogP contribution is -2.08. The Morgan fingerprint density at radius 2 is 1.90 bits per heavy atom. The zero-order valence-corrected chi connectivity index (χ0v) is 12.4. The summed E-state index contributed by atoms with van der Waals surface area (Å²) in [6.07, 6.45) is 1.76. The number of aromatic nitrogens is 4. The second-order valence-corrected chi connectivity index (χ2v) is 5.00. The standard InChI is InChI=1S/C15H18N6/c1-4-16-15-18-13(12-9-17-20-14(12)19-15)10-5-7-11(8-6-10)21(2)3/h5-9H,4H2,1-3H3,(H2,16,17,18,19,20). The molecule has 108 valence electrons. The Bertz CT molecular complexity index is 744. The first-order valence-electron chi connectivity index (χ1n) is 6.91.